The van der Waals surface area contributed by atoms with Crippen LogP contribution in [0.1, 0.15) is 15.9 Å². The zero-order valence-corrected chi connectivity index (χ0v) is 18.8. The highest BCUT2D eigenvalue weighted by atomic mass is 16.5. The van der Waals surface area contributed by atoms with Gasteiger partial charge in [0.25, 0.3) is 5.91 Å². The summed E-state index contributed by atoms with van der Waals surface area (Å²) < 4.78 is 16.0. The van der Waals surface area contributed by atoms with E-state index in [1.807, 2.05) is 37.3 Å². The highest BCUT2D eigenvalue weighted by Gasteiger charge is 2.16. The SMILES string of the molecule is COc1cc2nc(-c3ccc(C)c(NC(=O)c4cc5ccccc5oc4=O)c3)[nH]c2cc1OC. The van der Waals surface area contributed by atoms with Crippen LogP contribution in [0.3, 0.4) is 0 Å². The fourth-order valence-electron chi connectivity index (χ4n) is 3.79. The third kappa shape index (κ3) is 3.75. The molecule has 0 atom stereocenters. The number of rotatable bonds is 5. The molecule has 2 heterocycles. The zero-order valence-electron chi connectivity index (χ0n) is 18.8. The lowest BCUT2D eigenvalue weighted by molar-refractivity contribution is 0.102. The Labute approximate surface area is 194 Å². The van der Waals surface area contributed by atoms with Crippen molar-refractivity contribution in [3.8, 4) is 22.9 Å². The molecule has 1 amide bonds. The van der Waals surface area contributed by atoms with Crippen LogP contribution < -0.4 is 20.4 Å². The van der Waals surface area contributed by atoms with Gasteiger partial charge in [0.2, 0.25) is 0 Å². The summed E-state index contributed by atoms with van der Waals surface area (Å²) in [4.78, 5) is 33.2. The number of H-pyrrole nitrogens is 1. The fraction of sp³-hybridized carbons (Fsp3) is 0.115. The van der Waals surface area contributed by atoms with Crippen molar-refractivity contribution in [1.29, 1.82) is 0 Å². The van der Waals surface area contributed by atoms with Gasteiger partial charge in [-0.3, -0.25) is 4.79 Å². The highest BCUT2D eigenvalue weighted by Crippen LogP contribution is 2.33. The van der Waals surface area contributed by atoms with Crippen LogP contribution in [0, 0.1) is 6.92 Å². The summed E-state index contributed by atoms with van der Waals surface area (Å²) in [7, 11) is 3.15. The molecule has 0 saturated carbocycles. The lowest BCUT2D eigenvalue weighted by Crippen LogP contribution is -2.21. The molecule has 0 aliphatic rings. The van der Waals surface area contributed by atoms with Crippen molar-refractivity contribution in [3.05, 3.63) is 82.2 Å². The average Bonchev–Trinajstić information content (AvgIpc) is 3.26. The van der Waals surface area contributed by atoms with Crippen LogP contribution in [-0.2, 0) is 0 Å². The predicted molar refractivity (Wildman–Crippen MR) is 130 cm³/mol. The van der Waals surface area contributed by atoms with Crippen molar-refractivity contribution < 1.29 is 18.7 Å². The zero-order chi connectivity index (χ0) is 23.8. The molecule has 5 rings (SSSR count). The van der Waals surface area contributed by atoms with Crippen LogP contribution in [-0.4, -0.2) is 30.1 Å². The van der Waals surface area contributed by atoms with E-state index in [0.717, 1.165) is 16.6 Å². The van der Waals surface area contributed by atoms with Crippen LogP contribution in [0.4, 0.5) is 5.69 Å². The number of nitrogens with one attached hydrogen (secondary N) is 2. The van der Waals surface area contributed by atoms with Crippen molar-refractivity contribution in [2.75, 3.05) is 19.5 Å². The van der Waals surface area contributed by atoms with E-state index >= 15 is 0 Å². The van der Waals surface area contributed by atoms with Gasteiger partial charge in [-0.1, -0.05) is 30.3 Å². The summed E-state index contributed by atoms with van der Waals surface area (Å²) >= 11 is 0. The molecule has 170 valence electrons. The van der Waals surface area contributed by atoms with E-state index in [2.05, 4.69) is 15.3 Å². The van der Waals surface area contributed by atoms with E-state index in [4.69, 9.17) is 13.9 Å². The van der Waals surface area contributed by atoms with Crippen LogP contribution in [0.2, 0.25) is 0 Å². The van der Waals surface area contributed by atoms with Gasteiger partial charge in [0, 0.05) is 28.8 Å². The first-order valence-corrected chi connectivity index (χ1v) is 10.5. The standard InChI is InChI=1S/C26H21N3O5/c1-14-8-9-16(24-27-19-12-22(32-2)23(33-3)13-20(19)28-24)11-18(14)29-25(30)17-10-15-6-4-5-7-21(15)34-26(17)31/h4-13H,1-3H3,(H,27,28)(H,29,30). The first-order chi connectivity index (χ1) is 16.5. The number of aromatic nitrogens is 2. The number of anilines is 1. The molecule has 2 N–H and O–H groups in total. The number of hydrogen-bond acceptors (Lipinski definition) is 6. The number of fused-ring (bicyclic) bond motifs is 2. The lowest BCUT2D eigenvalue weighted by Gasteiger charge is -2.10. The Balaban J connectivity index is 1.49. The number of amides is 1. The van der Waals surface area contributed by atoms with Gasteiger partial charge < -0.3 is 24.2 Å². The second-order valence-corrected chi connectivity index (χ2v) is 7.78. The second-order valence-electron chi connectivity index (χ2n) is 7.78. The minimum Gasteiger partial charge on any atom is -0.493 e. The van der Waals surface area contributed by atoms with Gasteiger partial charge >= 0.3 is 5.63 Å². The maximum Gasteiger partial charge on any atom is 0.349 e. The monoisotopic (exact) mass is 455 g/mol. The maximum atomic E-state index is 12.9. The summed E-state index contributed by atoms with van der Waals surface area (Å²) in [6, 6.07) is 17.8. The minimum atomic E-state index is -0.690. The number of aromatic amines is 1. The molecular weight excluding hydrogens is 434 g/mol. The molecule has 2 aromatic heterocycles. The molecular formula is C26H21N3O5. The molecule has 5 aromatic rings. The average molecular weight is 455 g/mol. The number of nitrogens with zero attached hydrogens (tertiary/aromatic N) is 1. The van der Waals surface area contributed by atoms with Gasteiger partial charge in [-0.05, 0) is 30.7 Å². The number of carbonyl (C=O) groups excluding carboxylic acids is 1. The van der Waals surface area contributed by atoms with Gasteiger partial charge in [-0.15, -0.1) is 0 Å². The highest BCUT2D eigenvalue weighted by molar-refractivity contribution is 6.06. The second kappa shape index (κ2) is 8.40. The topological polar surface area (TPSA) is 106 Å². The third-order valence-corrected chi connectivity index (χ3v) is 5.63. The van der Waals surface area contributed by atoms with E-state index in [9.17, 15) is 9.59 Å². The Hall–Kier alpha value is -4.59. The van der Waals surface area contributed by atoms with Gasteiger partial charge in [0.1, 0.15) is 17.0 Å². The Morgan fingerprint density at radius 3 is 2.56 bits per heavy atom. The van der Waals surface area contributed by atoms with Crippen molar-refractivity contribution in [2.24, 2.45) is 0 Å². The van der Waals surface area contributed by atoms with E-state index < -0.39 is 11.5 Å². The molecule has 8 nitrogen and oxygen atoms in total. The number of para-hydroxylation sites is 1. The number of ether oxygens (including phenoxy) is 2. The normalized spacial score (nSPS) is 11.0. The number of hydrogen-bond donors (Lipinski definition) is 2. The number of aryl methyl sites for hydroxylation is 1. The van der Waals surface area contributed by atoms with Gasteiger partial charge in [0.05, 0.1) is 25.3 Å². The molecule has 0 spiro atoms. The van der Waals surface area contributed by atoms with Crippen LogP contribution >= 0.6 is 0 Å². The van der Waals surface area contributed by atoms with Crippen LogP contribution in [0.15, 0.2) is 69.9 Å². The lowest BCUT2D eigenvalue weighted by atomic mass is 10.1. The molecule has 3 aromatic carbocycles. The molecule has 0 bridgehead atoms. The fourth-order valence-corrected chi connectivity index (χ4v) is 3.79. The molecule has 0 aliphatic carbocycles. The van der Waals surface area contributed by atoms with Crippen molar-refractivity contribution >= 4 is 33.6 Å². The predicted octanol–water partition coefficient (Wildman–Crippen LogP) is 4.91. The third-order valence-electron chi connectivity index (χ3n) is 5.63. The molecule has 0 aliphatic heterocycles. The Kier molecular flexibility index (Phi) is 5.25. The van der Waals surface area contributed by atoms with Crippen molar-refractivity contribution in [3.63, 3.8) is 0 Å². The summed E-state index contributed by atoms with van der Waals surface area (Å²) in [5.41, 5.74) is 3.34. The molecule has 8 heteroatoms. The van der Waals surface area contributed by atoms with E-state index in [1.54, 1.807) is 38.5 Å². The van der Waals surface area contributed by atoms with Crippen LogP contribution in [0.25, 0.3) is 33.4 Å². The van der Waals surface area contributed by atoms with Crippen LogP contribution in [0.5, 0.6) is 11.5 Å². The van der Waals surface area contributed by atoms with Crippen molar-refractivity contribution in [1.82, 2.24) is 9.97 Å². The molecule has 0 radical (unpaired) electrons. The summed E-state index contributed by atoms with van der Waals surface area (Å²) in [5.74, 6) is 1.25. The molecule has 34 heavy (non-hydrogen) atoms. The molecule has 0 unspecified atom stereocenters. The Morgan fingerprint density at radius 2 is 1.76 bits per heavy atom. The Bertz CT molecular complexity index is 1580. The smallest absolute Gasteiger partial charge is 0.349 e. The first kappa shape index (κ1) is 21.3. The number of imidazole rings is 1. The number of methoxy groups -OCH3 is 2. The number of benzene rings is 3. The summed E-state index contributed by atoms with van der Waals surface area (Å²) in [5, 5.41) is 3.50. The van der Waals surface area contributed by atoms with E-state index in [-0.39, 0.29) is 5.56 Å². The molecule has 0 fully saturated rings. The minimum absolute atomic E-state index is 0.0635. The number of carbonyl (C=O) groups is 1. The van der Waals surface area contributed by atoms with Gasteiger partial charge in [0.15, 0.2) is 11.5 Å². The largest absolute Gasteiger partial charge is 0.493 e. The first-order valence-electron chi connectivity index (χ1n) is 10.5. The van der Waals surface area contributed by atoms with E-state index in [1.165, 1.54) is 6.07 Å². The summed E-state index contributed by atoms with van der Waals surface area (Å²) in [6.07, 6.45) is 0. The van der Waals surface area contributed by atoms with Gasteiger partial charge in [-0.25, -0.2) is 9.78 Å². The Morgan fingerprint density at radius 1 is 1.00 bits per heavy atom. The summed E-state index contributed by atoms with van der Waals surface area (Å²) in [6.45, 7) is 1.87. The maximum absolute atomic E-state index is 12.9. The van der Waals surface area contributed by atoms with Gasteiger partial charge in [-0.2, -0.15) is 0 Å². The molecule has 0 saturated heterocycles. The van der Waals surface area contributed by atoms with E-state index in [0.29, 0.717) is 39.5 Å². The van der Waals surface area contributed by atoms with Crippen molar-refractivity contribution in [2.45, 2.75) is 6.92 Å². The quantitative estimate of drug-likeness (QED) is 0.365.